The van der Waals surface area contributed by atoms with Crippen molar-refractivity contribution in [1.82, 2.24) is 4.98 Å². The fraction of sp³-hybridized carbons (Fsp3) is 0.214. The van der Waals surface area contributed by atoms with Gasteiger partial charge >= 0.3 is 6.18 Å². The topological polar surface area (TPSA) is 60.2 Å². The normalized spacial score (nSPS) is 11.2. The number of aromatic nitrogens is 1. The Kier molecular flexibility index (Phi) is 4.52. The lowest BCUT2D eigenvalue weighted by Crippen LogP contribution is -2.17. The summed E-state index contributed by atoms with van der Waals surface area (Å²) in [5.41, 5.74) is 5.37. The molecule has 0 saturated carbocycles. The van der Waals surface area contributed by atoms with E-state index < -0.39 is 11.7 Å². The summed E-state index contributed by atoms with van der Waals surface area (Å²) in [6.07, 6.45) is -3.14. The summed E-state index contributed by atoms with van der Waals surface area (Å²) in [7, 11) is 0. The van der Waals surface area contributed by atoms with Crippen molar-refractivity contribution >= 4 is 11.5 Å². The minimum atomic E-state index is -4.44. The first-order chi connectivity index (χ1) is 9.98. The Morgan fingerprint density at radius 3 is 2.62 bits per heavy atom. The van der Waals surface area contributed by atoms with Crippen molar-refractivity contribution in [1.29, 1.82) is 0 Å². The van der Waals surface area contributed by atoms with Gasteiger partial charge in [-0.25, -0.2) is 4.98 Å². The van der Waals surface area contributed by atoms with Crippen molar-refractivity contribution in [2.24, 2.45) is 0 Å². The highest BCUT2D eigenvalue weighted by molar-refractivity contribution is 5.51. The maximum absolute atomic E-state index is 12.7. The maximum atomic E-state index is 12.7. The number of nitrogens with one attached hydrogen (secondary N) is 1. The third-order valence-electron chi connectivity index (χ3n) is 2.68. The number of para-hydroxylation sites is 2. The minimum Gasteiger partial charge on any atom is -0.490 e. The molecule has 0 fully saturated rings. The number of nitrogens with zero attached hydrogens (tertiary/aromatic N) is 1. The van der Waals surface area contributed by atoms with Gasteiger partial charge in [-0.2, -0.15) is 13.2 Å². The van der Waals surface area contributed by atoms with Gasteiger partial charge in [0.2, 0.25) is 0 Å². The first-order valence-electron chi connectivity index (χ1n) is 6.22. The molecule has 1 aromatic carbocycles. The van der Waals surface area contributed by atoms with Gasteiger partial charge in [0.05, 0.1) is 17.8 Å². The maximum Gasteiger partial charge on any atom is 0.419 e. The molecule has 1 heterocycles. The van der Waals surface area contributed by atoms with Crippen LogP contribution >= 0.6 is 0 Å². The molecule has 2 aromatic rings. The summed E-state index contributed by atoms with van der Waals surface area (Å²) in [4.78, 5) is 3.70. The van der Waals surface area contributed by atoms with Gasteiger partial charge in [-0.1, -0.05) is 12.1 Å². The molecule has 0 radical (unpaired) electrons. The van der Waals surface area contributed by atoms with Crippen LogP contribution in [0.25, 0.3) is 0 Å². The van der Waals surface area contributed by atoms with Gasteiger partial charge in [-0.15, -0.1) is 0 Å². The smallest absolute Gasteiger partial charge is 0.419 e. The van der Waals surface area contributed by atoms with Crippen LogP contribution in [0.15, 0.2) is 42.6 Å². The molecular formula is C14H14F3N3O. The number of anilines is 2. The zero-order valence-corrected chi connectivity index (χ0v) is 11.0. The lowest BCUT2D eigenvalue weighted by molar-refractivity contribution is -0.137. The SMILES string of the molecule is Nc1ccccc1OCCNc1ncccc1C(F)(F)F. The van der Waals surface area contributed by atoms with E-state index in [1.165, 1.54) is 12.3 Å². The zero-order valence-electron chi connectivity index (χ0n) is 11.0. The number of hydrogen-bond acceptors (Lipinski definition) is 4. The first-order valence-corrected chi connectivity index (χ1v) is 6.22. The number of rotatable bonds is 5. The van der Waals surface area contributed by atoms with Crippen LogP contribution in [0.4, 0.5) is 24.7 Å². The molecule has 21 heavy (non-hydrogen) atoms. The molecule has 0 saturated heterocycles. The number of benzene rings is 1. The predicted molar refractivity (Wildman–Crippen MR) is 74.1 cm³/mol. The molecule has 112 valence electrons. The lowest BCUT2D eigenvalue weighted by atomic mass is 10.2. The number of halogens is 3. The summed E-state index contributed by atoms with van der Waals surface area (Å²) in [6.45, 7) is 0.344. The molecule has 4 nitrogen and oxygen atoms in total. The average molecular weight is 297 g/mol. The Morgan fingerprint density at radius 2 is 1.90 bits per heavy atom. The Bertz CT molecular complexity index is 602. The minimum absolute atomic E-state index is 0.169. The molecular weight excluding hydrogens is 283 g/mol. The average Bonchev–Trinajstić information content (AvgIpc) is 2.45. The highest BCUT2D eigenvalue weighted by Crippen LogP contribution is 2.33. The summed E-state index contributed by atoms with van der Waals surface area (Å²) in [6, 6.07) is 9.13. The van der Waals surface area contributed by atoms with E-state index in [4.69, 9.17) is 10.5 Å². The van der Waals surface area contributed by atoms with E-state index in [-0.39, 0.29) is 19.0 Å². The summed E-state index contributed by atoms with van der Waals surface area (Å²) in [5, 5.41) is 2.61. The van der Waals surface area contributed by atoms with E-state index in [1.54, 1.807) is 24.3 Å². The fourth-order valence-electron chi connectivity index (χ4n) is 1.72. The number of hydrogen-bond donors (Lipinski definition) is 2. The van der Waals surface area contributed by atoms with Crippen LogP contribution in [0.3, 0.4) is 0 Å². The highest BCUT2D eigenvalue weighted by Gasteiger charge is 2.33. The molecule has 0 aliphatic carbocycles. The first kappa shape index (κ1) is 15.0. The van der Waals surface area contributed by atoms with Gasteiger partial charge in [0.15, 0.2) is 0 Å². The van der Waals surface area contributed by atoms with Crippen LogP contribution in [-0.2, 0) is 6.18 Å². The molecule has 0 bridgehead atoms. The Hall–Kier alpha value is -2.44. The van der Waals surface area contributed by atoms with Gasteiger partial charge in [0.1, 0.15) is 18.2 Å². The monoisotopic (exact) mass is 297 g/mol. The van der Waals surface area contributed by atoms with Crippen LogP contribution in [0.1, 0.15) is 5.56 Å². The lowest BCUT2D eigenvalue weighted by Gasteiger charge is -2.13. The van der Waals surface area contributed by atoms with Gasteiger partial charge in [-0.3, -0.25) is 0 Å². The second-order valence-electron chi connectivity index (χ2n) is 4.21. The second kappa shape index (κ2) is 6.34. The standard InChI is InChI=1S/C14H14F3N3O/c15-14(16,17)10-4-3-7-19-13(10)20-8-9-21-12-6-2-1-5-11(12)18/h1-7H,8-9,18H2,(H,19,20). The predicted octanol–water partition coefficient (Wildman–Crippen LogP) is 3.17. The zero-order chi connectivity index (χ0) is 15.3. The number of pyridine rings is 1. The van der Waals surface area contributed by atoms with E-state index in [9.17, 15) is 13.2 Å². The molecule has 0 aliphatic rings. The van der Waals surface area contributed by atoms with E-state index in [2.05, 4.69) is 10.3 Å². The van der Waals surface area contributed by atoms with Crippen LogP contribution in [0.5, 0.6) is 5.75 Å². The van der Waals surface area contributed by atoms with Crippen molar-refractivity contribution in [3.05, 3.63) is 48.2 Å². The Balaban J connectivity index is 1.91. The molecule has 0 unspecified atom stereocenters. The number of nitrogen functional groups attached to an aromatic ring is 1. The molecule has 7 heteroatoms. The van der Waals surface area contributed by atoms with Gasteiger partial charge in [0.25, 0.3) is 0 Å². The van der Waals surface area contributed by atoms with Crippen molar-refractivity contribution in [2.45, 2.75) is 6.18 Å². The van der Waals surface area contributed by atoms with E-state index in [0.717, 1.165) is 6.07 Å². The summed E-state index contributed by atoms with van der Waals surface area (Å²) < 4.78 is 43.6. The van der Waals surface area contributed by atoms with Crippen LogP contribution in [0.2, 0.25) is 0 Å². The van der Waals surface area contributed by atoms with Crippen molar-refractivity contribution in [2.75, 3.05) is 24.2 Å². The van der Waals surface area contributed by atoms with Gasteiger partial charge in [0, 0.05) is 6.20 Å². The number of nitrogens with two attached hydrogens (primary N) is 1. The third-order valence-corrected chi connectivity index (χ3v) is 2.68. The van der Waals surface area contributed by atoms with Crippen molar-refractivity contribution in [3.63, 3.8) is 0 Å². The van der Waals surface area contributed by atoms with E-state index in [1.807, 2.05) is 0 Å². The summed E-state index contributed by atoms with van der Waals surface area (Å²) >= 11 is 0. The van der Waals surface area contributed by atoms with E-state index >= 15 is 0 Å². The Morgan fingerprint density at radius 1 is 1.14 bits per heavy atom. The third kappa shape index (κ3) is 4.01. The second-order valence-corrected chi connectivity index (χ2v) is 4.21. The van der Waals surface area contributed by atoms with Gasteiger partial charge < -0.3 is 15.8 Å². The summed E-state index contributed by atoms with van der Waals surface area (Å²) in [5.74, 6) is 0.283. The molecule has 0 amide bonds. The number of alkyl halides is 3. The largest absolute Gasteiger partial charge is 0.490 e. The van der Waals surface area contributed by atoms with Gasteiger partial charge in [-0.05, 0) is 24.3 Å². The molecule has 0 atom stereocenters. The quantitative estimate of drug-likeness (QED) is 0.657. The molecule has 0 spiro atoms. The Labute approximate surface area is 119 Å². The molecule has 3 N–H and O–H groups in total. The van der Waals surface area contributed by atoms with Crippen molar-refractivity contribution in [3.8, 4) is 5.75 Å². The molecule has 2 rings (SSSR count). The van der Waals surface area contributed by atoms with Crippen molar-refractivity contribution < 1.29 is 17.9 Å². The van der Waals surface area contributed by atoms with Crippen LogP contribution in [-0.4, -0.2) is 18.1 Å². The van der Waals surface area contributed by atoms with Crippen LogP contribution < -0.4 is 15.8 Å². The van der Waals surface area contributed by atoms with Crippen LogP contribution in [0, 0.1) is 0 Å². The highest BCUT2D eigenvalue weighted by atomic mass is 19.4. The number of ether oxygens (including phenoxy) is 1. The van der Waals surface area contributed by atoms with E-state index in [0.29, 0.717) is 11.4 Å². The molecule has 0 aliphatic heterocycles. The fourth-order valence-corrected chi connectivity index (χ4v) is 1.72. The molecule has 1 aromatic heterocycles.